The molecule has 1 aliphatic rings. The first-order chi connectivity index (χ1) is 10.1. The van der Waals surface area contributed by atoms with E-state index >= 15 is 0 Å². The molecular weight excluding hydrogens is 274 g/mol. The van der Waals surface area contributed by atoms with E-state index in [0.29, 0.717) is 13.0 Å². The summed E-state index contributed by atoms with van der Waals surface area (Å²) in [5.41, 5.74) is -0.274. The highest BCUT2D eigenvalue weighted by Crippen LogP contribution is 2.20. The van der Waals surface area contributed by atoms with Crippen LogP contribution < -0.4 is 5.32 Å². The minimum atomic E-state index is -1.21. The van der Waals surface area contributed by atoms with Gasteiger partial charge in [0.25, 0.3) is 5.91 Å². The number of carbonyl (C=O) groups is 3. The summed E-state index contributed by atoms with van der Waals surface area (Å²) < 4.78 is 0. The summed E-state index contributed by atoms with van der Waals surface area (Å²) in [4.78, 5) is 41.0. The first-order valence-electron chi connectivity index (χ1n) is 6.77. The zero-order chi connectivity index (χ0) is 15.4. The molecule has 0 radical (unpaired) electrons. The van der Waals surface area contributed by atoms with Gasteiger partial charge in [-0.1, -0.05) is 0 Å². The lowest BCUT2D eigenvalue weighted by Crippen LogP contribution is -2.51. The summed E-state index contributed by atoms with van der Waals surface area (Å²) in [6.07, 6.45) is 3.59. The smallest absolute Gasteiger partial charge is 0.338 e. The molecule has 0 aliphatic carbocycles. The third-order valence-electron chi connectivity index (χ3n) is 3.55. The van der Waals surface area contributed by atoms with Gasteiger partial charge in [0.1, 0.15) is 11.7 Å². The maximum Gasteiger partial charge on any atom is 0.338 e. The summed E-state index contributed by atoms with van der Waals surface area (Å²) in [6, 6.07) is 2.23. The molecule has 2 amide bonds. The average Bonchev–Trinajstić information content (AvgIpc) is 2.53. The van der Waals surface area contributed by atoms with E-state index in [-0.39, 0.29) is 17.2 Å². The molecule has 7 heteroatoms. The van der Waals surface area contributed by atoms with Gasteiger partial charge in [0.05, 0.1) is 5.56 Å². The Hall–Kier alpha value is -2.44. The number of carboxylic acid groups (broad SMARTS) is 1. The molecule has 1 fully saturated rings. The Morgan fingerprint density at radius 3 is 2.81 bits per heavy atom. The number of likely N-dealkylation sites (tertiary alicyclic amines) is 1. The van der Waals surface area contributed by atoms with Crippen molar-refractivity contribution < 1.29 is 19.5 Å². The lowest BCUT2D eigenvalue weighted by atomic mass is 10.00. The number of likely N-dealkylation sites (N-methyl/N-ethyl adjacent to an activating group) is 1. The topological polar surface area (TPSA) is 99.6 Å². The molecule has 112 valence electrons. The molecule has 1 atom stereocenters. The summed E-state index contributed by atoms with van der Waals surface area (Å²) in [6.45, 7) is 0.423. The fourth-order valence-corrected chi connectivity index (χ4v) is 2.50. The lowest BCUT2D eigenvalue weighted by molar-refractivity contribution is -0.126. The Balaban J connectivity index is 2.33. The number of piperidine rings is 1. The van der Waals surface area contributed by atoms with Crippen LogP contribution in [0.15, 0.2) is 18.3 Å². The molecule has 1 aromatic heterocycles. The normalized spacial score (nSPS) is 18.1. The van der Waals surface area contributed by atoms with Crippen molar-refractivity contribution in [1.82, 2.24) is 15.2 Å². The quantitative estimate of drug-likeness (QED) is 0.845. The molecule has 1 unspecified atom stereocenters. The highest BCUT2D eigenvalue weighted by molar-refractivity contribution is 6.04. The molecule has 7 nitrogen and oxygen atoms in total. The lowest BCUT2D eigenvalue weighted by Gasteiger charge is -2.34. The number of carbonyl (C=O) groups excluding carboxylic acids is 2. The van der Waals surface area contributed by atoms with Crippen molar-refractivity contribution in [3.05, 3.63) is 29.6 Å². The second kappa shape index (κ2) is 6.34. The molecule has 2 N–H and O–H groups in total. The number of nitrogens with one attached hydrogen (secondary N) is 1. The molecule has 1 saturated heterocycles. The molecule has 2 rings (SSSR count). The summed E-state index contributed by atoms with van der Waals surface area (Å²) >= 11 is 0. The Morgan fingerprint density at radius 1 is 1.38 bits per heavy atom. The Morgan fingerprint density at radius 2 is 2.14 bits per heavy atom. The molecule has 0 bridgehead atoms. The van der Waals surface area contributed by atoms with Gasteiger partial charge in [0, 0.05) is 19.8 Å². The standard InChI is InChI=1S/C14H17N3O4/c1-15-12(18)10-6-2-3-8-17(10)13(19)11-9(14(20)21)5-4-7-16-11/h4-5,7,10H,2-3,6,8H2,1H3,(H,15,18)(H,20,21). The molecular formula is C14H17N3O4. The van der Waals surface area contributed by atoms with Crippen molar-refractivity contribution in [1.29, 1.82) is 0 Å². The van der Waals surface area contributed by atoms with Crippen molar-refractivity contribution in [3.8, 4) is 0 Å². The highest BCUT2D eigenvalue weighted by Gasteiger charge is 2.34. The van der Waals surface area contributed by atoms with Gasteiger partial charge >= 0.3 is 5.97 Å². The van der Waals surface area contributed by atoms with Crippen LogP contribution in [0, 0.1) is 0 Å². The first-order valence-corrected chi connectivity index (χ1v) is 6.77. The van der Waals surface area contributed by atoms with Crippen LogP contribution in [-0.2, 0) is 4.79 Å². The van der Waals surface area contributed by atoms with E-state index in [4.69, 9.17) is 5.11 Å². The first kappa shape index (κ1) is 15.0. The number of aromatic nitrogens is 1. The number of pyridine rings is 1. The molecule has 0 aromatic carbocycles. The van der Waals surface area contributed by atoms with Crippen molar-refractivity contribution >= 4 is 17.8 Å². The van der Waals surface area contributed by atoms with Crippen molar-refractivity contribution in [2.75, 3.05) is 13.6 Å². The minimum absolute atomic E-state index is 0.124. The maximum absolute atomic E-state index is 12.6. The zero-order valence-electron chi connectivity index (χ0n) is 11.7. The van der Waals surface area contributed by atoms with Crippen LogP contribution in [0.5, 0.6) is 0 Å². The van der Waals surface area contributed by atoms with E-state index in [2.05, 4.69) is 10.3 Å². The van der Waals surface area contributed by atoms with Gasteiger partial charge in [0.15, 0.2) is 0 Å². The summed E-state index contributed by atoms with van der Waals surface area (Å²) in [7, 11) is 1.52. The van der Waals surface area contributed by atoms with Gasteiger partial charge in [-0.3, -0.25) is 14.6 Å². The van der Waals surface area contributed by atoms with E-state index in [1.54, 1.807) is 0 Å². The maximum atomic E-state index is 12.6. The van der Waals surface area contributed by atoms with E-state index < -0.39 is 17.9 Å². The van der Waals surface area contributed by atoms with E-state index in [1.165, 1.54) is 30.3 Å². The second-order valence-corrected chi connectivity index (χ2v) is 4.83. The summed E-state index contributed by atoms with van der Waals surface area (Å²) in [5.74, 6) is -1.96. The van der Waals surface area contributed by atoms with Crippen LogP contribution in [0.1, 0.15) is 40.1 Å². The van der Waals surface area contributed by atoms with Gasteiger partial charge in [0.2, 0.25) is 5.91 Å². The third-order valence-corrected chi connectivity index (χ3v) is 3.55. The number of hydrogen-bond donors (Lipinski definition) is 2. The number of aromatic carboxylic acids is 1. The number of nitrogens with zero attached hydrogens (tertiary/aromatic N) is 2. The average molecular weight is 291 g/mol. The molecule has 1 aromatic rings. The number of rotatable bonds is 3. The Bertz CT molecular complexity index is 573. The predicted octanol–water partition coefficient (Wildman–Crippen LogP) is 0.520. The second-order valence-electron chi connectivity index (χ2n) is 4.83. The summed E-state index contributed by atoms with van der Waals surface area (Å²) in [5, 5.41) is 11.7. The molecule has 21 heavy (non-hydrogen) atoms. The van der Waals surface area contributed by atoms with Crippen LogP contribution >= 0.6 is 0 Å². The van der Waals surface area contributed by atoms with Crippen LogP contribution in [0.2, 0.25) is 0 Å². The fraction of sp³-hybridized carbons (Fsp3) is 0.429. The van der Waals surface area contributed by atoms with Crippen LogP contribution in [0.3, 0.4) is 0 Å². The number of hydrogen-bond acceptors (Lipinski definition) is 4. The van der Waals surface area contributed by atoms with Gasteiger partial charge in [-0.15, -0.1) is 0 Å². The van der Waals surface area contributed by atoms with E-state index in [0.717, 1.165) is 12.8 Å². The SMILES string of the molecule is CNC(=O)C1CCCCN1C(=O)c1ncccc1C(=O)O. The highest BCUT2D eigenvalue weighted by atomic mass is 16.4. The third kappa shape index (κ3) is 3.01. The van der Waals surface area contributed by atoms with Crippen LogP contribution in [0.25, 0.3) is 0 Å². The van der Waals surface area contributed by atoms with Gasteiger partial charge < -0.3 is 15.3 Å². The minimum Gasteiger partial charge on any atom is -0.478 e. The number of carboxylic acids is 1. The fourth-order valence-electron chi connectivity index (χ4n) is 2.50. The Labute approximate surface area is 122 Å². The van der Waals surface area contributed by atoms with Gasteiger partial charge in [-0.25, -0.2) is 4.79 Å². The molecule has 0 spiro atoms. The monoisotopic (exact) mass is 291 g/mol. The zero-order valence-corrected chi connectivity index (χ0v) is 11.7. The van der Waals surface area contributed by atoms with Crippen molar-refractivity contribution in [2.24, 2.45) is 0 Å². The van der Waals surface area contributed by atoms with Crippen molar-refractivity contribution in [2.45, 2.75) is 25.3 Å². The van der Waals surface area contributed by atoms with Crippen LogP contribution in [-0.4, -0.2) is 52.4 Å². The molecule has 2 heterocycles. The van der Waals surface area contributed by atoms with Gasteiger partial charge in [-0.05, 0) is 31.4 Å². The van der Waals surface area contributed by atoms with E-state index in [9.17, 15) is 14.4 Å². The molecule has 1 aliphatic heterocycles. The van der Waals surface area contributed by atoms with Gasteiger partial charge in [-0.2, -0.15) is 0 Å². The largest absolute Gasteiger partial charge is 0.478 e. The van der Waals surface area contributed by atoms with E-state index in [1.807, 2.05) is 0 Å². The number of amides is 2. The Kier molecular flexibility index (Phi) is 4.52. The van der Waals surface area contributed by atoms with Crippen molar-refractivity contribution in [3.63, 3.8) is 0 Å². The van der Waals surface area contributed by atoms with Crippen LogP contribution in [0.4, 0.5) is 0 Å². The predicted molar refractivity (Wildman–Crippen MR) is 73.9 cm³/mol. The molecule has 0 saturated carbocycles.